The summed E-state index contributed by atoms with van der Waals surface area (Å²) >= 11 is 0. The first-order chi connectivity index (χ1) is 17.7. The zero-order valence-corrected chi connectivity index (χ0v) is 19.2. The van der Waals surface area contributed by atoms with E-state index in [4.69, 9.17) is 9.47 Å². The number of para-hydroxylation sites is 1. The van der Waals surface area contributed by atoms with Gasteiger partial charge in [0, 0.05) is 17.2 Å². The molecule has 9 heteroatoms. The van der Waals surface area contributed by atoms with Gasteiger partial charge in [0.05, 0.1) is 6.54 Å². The van der Waals surface area contributed by atoms with Gasteiger partial charge in [-0.05, 0) is 42.0 Å². The molecule has 0 bridgehead atoms. The number of carbonyl (C=O) groups is 1. The van der Waals surface area contributed by atoms with Crippen LogP contribution in [0.5, 0.6) is 11.6 Å². The van der Waals surface area contributed by atoms with Crippen LogP contribution >= 0.6 is 0 Å². The van der Waals surface area contributed by atoms with Gasteiger partial charge in [0.15, 0.2) is 18.1 Å². The van der Waals surface area contributed by atoms with Crippen LogP contribution in [0.25, 0.3) is 28.2 Å². The Morgan fingerprint density at radius 3 is 2.44 bits per heavy atom. The van der Waals surface area contributed by atoms with Gasteiger partial charge in [-0.15, -0.1) is 15.3 Å². The third kappa shape index (κ3) is 5.30. The Morgan fingerprint density at radius 2 is 1.61 bits per heavy atom. The van der Waals surface area contributed by atoms with Crippen molar-refractivity contribution in [1.82, 2.24) is 25.1 Å². The van der Waals surface area contributed by atoms with Crippen LogP contribution in [0, 0.1) is 5.82 Å². The fourth-order valence-corrected chi connectivity index (χ4v) is 3.62. The summed E-state index contributed by atoms with van der Waals surface area (Å²) in [5, 5.41) is 15.4. The van der Waals surface area contributed by atoms with Gasteiger partial charge >= 0.3 is 0 Å². The van der Waals surface area contributed by atoms with Crippen molar-refractivity contribution in [1.29, 1.82) is 0 Å². The number of halogens is 1. The standard InChI is InChI=1S/C27H22FN5O3/c28-21-12-10-20(11-13-21)27-31-30-24-14-15-26(32-33(24)27)35-17-16-29-25(34)18-36-23-9-5-4-8-22(23)19-6-2-1-3-7-19/h1-15H,16-18H2,(H,29,34). The Labute approximate surface area is 206 Å². The van der Waals surface area contributed by atoms with Crippen LogP contribution in [0.15, 0.2) is 91.0 Å². The van der Waals surface area contributed by atoms with Gasteiger partial charge in [-0.25, -0.2) is 4.39 Å². The quantitative estimate of drug-likeness (QED) is 0.317. The lowest BCUT2D eigenvalue weighted by Crippen LogP contribution is -2.32. The maximum atomic E-state index is 13.2. The number of ether oxygens (including phenoxy) is 2. The summed E-state index contributed by atoms with van der Waals surface area (Å²) in [7, 11) is 0. The highest BCUT2D eigenvalue weighted by Crippen LogP contribution is 2.29. The Bertz CT molecular complexity index is 1470. The maximum absolute atomic E-state index is 13.2. The molecule has 36 heavy (non-hydrogen) atoms. The number of nitrogens with zero attached hydrogens (tertiary/aromatic N) is 4. The second kappa shape index (κ2) is 10.6. The van der Waals surface area contributed by atoms with Crippen LogP contribution in [-0.2, 0) is 4.79 Å². The SMILES string of the molecule is O=C(COc1ccccc1-c1ccccc1)NCCOc1ccc2nnc(-c3ccc(F)cc3)n2n1. The van der Waals surface area contributed by atoms with E-state index in [0.29, 0.717) is 28.7 Å². The average Bonchev–Trinajstić information content (AvgIpc) is 3.34. The summed E-state index contributed by atoms with van der Waals surface area (Å²) in [6.45, 7) is 0.365. The Hall–Kier alpha value is -4.79. The molecule has 0 atom stereocenters. The zero-order valence-electron chi connectivity index (χ0n) is 19.2. The van der Waals surface area contributed by atoms with Gasteiger partial charge in [0.2, 0.25) is 5.88 Å². The van der Waals surface area contributed by atoms with Crippen molar-refractivity contribution in [2.24, 2.45) is 0 Å². The van der Waals surface area contributed by atoms with Gasteiger partial charge in [0.25, 0.3) is 5.91 Å². The molecule has 0 aliphatic heterocycles. The van der Waals surface area contributed by atoms with Crippen molar-refractivity contribution in [3.8, 4) is 34.1 Å². The zero-order chi connectivity index (χ0) is 24.7. The molecular formula is C27H22FN5O3. The molecule has 0 unspecified atom stereocenters. The molecule has 0 saturated carbocycles. The van der Waals surface area contributed by atoms with Crippen LogP contribution in [-0.4, -0.2) is 45.5 Å². The van der Waals surface area contributed by atoms with E-state index in [1.54, 1.807) is 24.3 Å². The number of benzene rings is 3. The predicted molar refractivity (Wildman–Crippen MR) is 132 cm³/mol. The van der Waals surface area contributed by atoms with Crippen LogP contribution in [0.4, 0.5) is 4.39 Å². The Morgan fingerprint density at radius 1 is 0.833 bits per heavy atom. The molecule has 180 valence electrons. The first-order valence-corrected chi connectivity index (χ1v) is 11.3. The number of fused-ring (bicyclic) bond motifs is 1. The fourth-order valence-electron chi connectivity index (χ4n) is 3.62. The normalized spacial score (nSPS) is 10.8. The minimum absolute atomic E-state index is 0.115. The molecule has 0 aliphatic carbocycles. The Balaban J connectivity index is 1.13. The topological polar surface area (TPSA) is 90.6 Å². The molecule has 0 spiro atoms. The molecular weight excluding hydrogens is 461 g/mol. The molecule has 1 amide bonds. The van der Waals surface area contributed by atoms with Gasteiger partial charge in [-0.3, -0.25) is 4.79 Å². The molecule has 8 nitrogen and oxygen atoms in total. The number of amides is 1. The average molecular weight is 484 g/mol. The lowest BCUT2D eigenvalue weighted by molar-refractivity contribution is -0.123. The van der Waals surface area contributed by atoms with E-state index in [1.807, 2.05) is 54.6 Å². The summed E-state index contributed by atoms with van der Waals surface area (Å²) in [6.07, 6.45) is 0. The van der Waals surface area contributed by atoms with Crippen LogP contribution in [0.1, 0.15) is 0 Å². The van der Waals surface area contributed by atoms with Crippen LogP contribution in [0.3, 0.4) is 0 Å². The van der Waals surface area contributed by atoms with E-state index in [2.05, 4.69) is 20.6 Å². The van der Waals surface area contributed by atoms with E-state index in [9.17, 15) is 9.18 Å². The molecule has 2 heterocycles. The van der Waals surface area contributed by atoms with E-state index in [0.717, 1.165) is 11.1 Å². The second-order valence-electron chi connectivity index (χ2n) is 7.82. The predicted octanol–water partition coefficient (Wildman–Crippen LogP) is 4.17. The minimum Gasteiger partial charge on any atom is -0.483 e. The number of rotatable bonds is 9. The highest BCUT2D eigenvalue weighted by Gasteiger charge is 2.11. The third-order valence-electron chi connectivity index (χ3n) is 5.35. The number of hydrogen-bond donors (Lipinski definition) is 1. The Kier molecular flexibility index (Phi) is 6.79. The molecule has 2 aromatic heterocycles. The maximum Gasteiger partial charge on any atom is 0.258 e. The molecule has 0 aliphatic rings. The van der Waals surface area contributed by atoms with E-state index < -0.39 is 0 Å². The lowest BCUT2D eigenvalue weighted by Gasteiger charge is -2.12. The minimum atomic E-state index is -0.336. The van der Waals surface area contributed by atoms with Crippen molar-refractivity contribution in [2.45, 2.75) is 0 Å². The van der Waals surface area contributed by atoms with Crippen molar-refractivity contribution in [3.63, 3.8) is 0 Å². The third-order valence-corrected chi connectivity index (χ3v) is 5.35. The summed E-state index contributed by atoms with van der Waals surface area (Å²) < 4.78 is 26.2. The first kappa shape index (κ1) is 23.0. The van der Waals surface area contributed by atoms with Crippen molar-refractivity contribution >= 4 is 11.6 Å². The molecule has 0 radical (unpaired) electrons. The summed E-state index contributed by atoms with van der Waals surface area (Å²) in [4.78, 5) is 12.3. The van der Waals surface area contributed by atoms with E-state index in [-0.39, 0.29) is 31.5 Å². The van der Waals surface area contributed by atoms with Crippen molar-refractivity contribution in [3.05, 3.63) is 96.8 Å². The molecule has 5 rings (SSSR count). The second-order valence-corrected chi connectivity index (χ2v) is 7.82. The van der Waals surface area contributed by atoms with Gasteiger partial charge in [-0.2, -0.15) is 4.52 Å². The fraction of sp³-hybridized carbons (Fsp3) is 0.111. The van der Waals surface area contributed by atoms with Crippen molar-refractivity contribution in [2.75, 3.05) is 19.8 Å². The molecule has 5 aromatic rings. The molecule has 0 saturated heterocycles. The number of nitrogens with one attached hydrogen (secondary N) is 1. The summed E-state index contributed by atoms with van der Waals surface area (Å²) in [5.74, 6) is 0.850. The number of aromatic nitrogens is 4. The highest BCUT2D eigenvalue weighted by atomic mass is 19.1. The lowest BCUT2D eigenvalue weighted by atomic mass is 10.1. The van der Waals surface area contributed by atoms with Gasteiger partial charge < -0.3 is 14.8 Å². The largest absolute Gasteiger partial charge is 0.483 e. The number of carbonyl (C=O) groups excluding carboxylic acids is 1. The first-order valence-electron chi connectivity index (χ1n) is 11.3. The van der Waals surface area contributed by atoms with E-state index in [1.165, 1.54) is 16.6 Å². The van der Waals surface area contributed by atoms with Crippen molar-refractivity contribution < 1.29 is 18.7 Å². The number of hydrogen-bond acceptors (Lipinski definition) is 6. The van der Waals surface area contributed by atoms with Gasteiger partial charge in [-0.1, -0.05) is 48.5 Å². The van der Waals surface area contributed by atoms with Crippen LogP contribution < -0.4 is 14.8 Å². The molecule has 3 aromatic carbocycles. The summed E-state index contributed by atoms with van der Waals surface area (Å²) in [5.41, 5.74) is 3.14. The smallest absolute Gasteiger partial charge is 0.258 e. The van der Waals surface area contributed by atoms with Gasteiger partial charge in [0.1, 0.15) is 18.2 Å². The molecule has 0 fully saturated rings. The summed E-state index contributed by atoms with van der Waals surface area (Å²) in [6, 6.07) is 26.8. The molecule has 1 N–H and O–H groups in total. The monoisotopic (exact) mass is 483 g/mol. The van der Waals surface area contributed by atoms with Crippen LogP contribution in [0.2, 0.25) is 0 Å². The van der Waals surface area contributed by atoms with E-state index >= 15 is 0 Å². The highest BCUT2D eigenvalue weighted by molar-refractivity contribution is 5.78.